The number of aliphatic hydroxyl groups is 2. The van der Waals surface area contributed by atoms with Crippen LogP contribution >= 0.6 is 0 Å². The largest absolute Gasteiger partial charge is 0.378 e. The van der Waals surface area contributed by atoms with Gasteiger partial charge in [0, 0.05) is 37.5 Å². The van der Waals surface area contributed by atoms with Gasteiger partial charge in [-0.15, -0.1) is 0 Å². The molecule has 5 atom stereocenters. The molecule has 0 bridgehead atoms. The first kappa shape index (κ1) is 24.3. The molecule has 4 aliphatic rings. The summed E-state index contributed by atoms with van der Waals surface area (Å²) in [5.74, 6) is 6.39. The quantitative estimate of drug-likeness (QED) is 0.629. The fraction of sp³-hybridized carbons (Fsp3) is 0.567. The molecule has 1 aliphatic heterocycles. The highest BCUT2D eigenvalue weighted by atomic mass is 16.5. The SMILES string of the molecule is CN(C)c1ccc(C2C[C@@]3(C)[C@@H](CC[C@@]3(O)C#CC(C)(C)O)[C@@H]3OCC4=CC(=O)CCC4=C23)cc1. The van der Waals surface area contributed by atoms with Gasteiger partial charge >= 0.3 is 0 Å². The molecule has 0 spiro atoms. The molecule has 5 nitrogen and oxygen atoms in total. The van der Waals surface area contributed by atoms with Crippen molar-refractivity contribution in [3.63, 3.8) is 0 Å². The van der Waals surface area contributed by atoms with Crippen molar-refractivity contribution in [2.75, 3.05) is 25.6 Å². The molecular formula is C30H37NO4. The van der Waals surface area contributed by atoms with Crippen molar-refractivity contribution in [3.8, 4) is 11.8 Å². The van der Waals surface area contributed by atoms with E-state index >= 15 is 0 Å². The molecule has 1 aromatic carbocycles. The fourth-order valence-electron chi connectivity index (χ4n) is 6.78. The van der Waals surface area contributed by atoms with E-state index in [0.717, 1.165) is 30.5 Å². The van der Waals surface area contributed by atoms with Crippen LogP contribution in [0.1, 0.15) is 64.4 Å². The average molecular weight is 476 g/mol. The summed E-state index contributed by atoms with van der Waals surface area (Å²) < 4.78 is 6.54. The molecule has 35 heavy (non-hydrogen) atoms. The van der Waals surface area contributed by atoms with Gasteiger partial charge in [-0.2, -0.15) is 0 Å². The van der Waals surface area contributed by atoms with Gasteiger partial charge in [-0.05, 0) is 85.9 Å². The summed E-state index contributed by atoms with van der Waals surface area (Å²) in [6.07, 6.45) is 5.11. The molecule has 5 rings (SSSR count). The molecular weight excluding hydrogens is 438 g/mol. The van der Waals surface area contributed by atoms with Gasteiger partial charge < -0.3 is 19.8 Å². The van der Waals surface area contributed by atoms with Crippen molar-refractivity contribution in [1.29, 1.82) is 0 Å². The number of hydrogen-bond acceptors (Lipinski definition) is 5. The van der Waals surface area contributed by atoms with E-state index < -0.39 is 16.6 Å². The molecule has 5 heteroatoms. The lowest BCUT2D eigenvalue weighted by atomic mass is 9.55. The van der Waals surface area contributed by atoms with Gasteiger partial charge in [-0.1, -0.05) is 30.9 Å². The third kappa shape index (κ3) is 4.06. The molecule has 1 unspecified atom stereocenters. The Bertz CT molecular complexity index is 1160. The molecule has 2 fully saturated rings. The molecule has 3 aliphatic carbocycles. The molecule has 2 saturated carbocycles. The molecule has 186 valence electrons. The van der Waals surface area contributed by atoms with Crippen LogP contribution in [0.4, 0.5) is 5.69 Å². The lowest BCUT2D eigenvalue weighted by Crippen LogP contribution is -2.53. The Balaban J connectivity index is 1.65. The third-order valence-corrected chi connectivity index (χ3v) is 8.75. The van der Waals surface area contributed by atoms with E-state index in [2.05, 4.69) is 47.9 Å². The summed E-state index contributed by atoms with van der Waals surface area (Å²) in [5.41, 5.74) is 3.12. The summed E-state index contributed by atoms with van der Waals surface area (Å²) in [5, 5.41) is 22.2. The van der Waals surface area contributed by atoms with E-state index in [1.165, 1.54) is 16.7 Å². The van der Waals surface area contributed by atoms with Crippen LogP contribution in [-0.4, -0.2) is 54.0 Å². The van der Waals surface area contributed by atoms with Crippen molar-refractivity contribution in [2.45, 2.75) is 76.1 Å². The zero-order valence-electron chi connectivity index (χ0n) is 21.5. The van der Waals surface area contributed by atoms with Crippen LogP contribution in [0.25, 0.3) is 0 Å². The minimum Gasteiger partial charge on any atom is -0.378 e. The number of ether oxygens (including phenoxy) is 1. The Labute approximate surface area is 208 Å². The van der Waals surface area contributed by atoms with Crippen molar-refractivity contribution in [1.82, 2.24) is 0 Å². The lowest BCUT2D eigenvalue weighted by molar-refractivity contribution is -0.115. The van der Waals surface area contributed by atoms with E-state index in [1.807, 2.05) is 14.1 Å². The zero-order valence-corrected chi connectivity index (χ0v) is 21.5. The van der Waals surface area contributed by atoms with Crippen molar-refractivity contribution < 1.29 is 19.7 Å². The number of nitrogens with zero attached hydrogens (tertiary/aromatic N) is 1. The maximum atomic E-state index is 12.2. The Morgan fingerprint density at radius 1 is 1.17 bits per heavy atom. The number of hydrogen-bond donors (Lipinski definition) is 2. The highest BCUT2D eigenvalue weighted by Gasteiger charge is 2.63. The smallest absolute Gasteiger partial charge is 0.156 e. The summed E-state index contributed by atoms with van der Waals surface area (Å²) in [4.78, 5) is 14.3. The molecule has 1 aromatic rings. The normalized spacial score (nSPS) is 34.3. The van der Waals surface area contributed by atoms with Crippen molar-refractivity contribution in [3.05, 3.63) is 52.6 Å². The highest BCUT2D eigenvalue weighted by Crippen LogP contribution is 2.64. The number of anilines is 1. The molecule has 0 amide bonds. The van der Waals surface area contributed by atoms with Crippen LogP contribution in [0.5, 0.6) is 0 Å². The molecule has 2 N–H and O–H groups in total. The maximum Gasteiger partial charge on any atom is 0.156 e. The van der Waals surface area contributed by atoms with Crippen molar-refractivity contribution in [2.24, 2.45) is 11.3 Å². The predicted octanol–water partition coefficient (Wildman–Crippen LogP) is 4.15. The first-order valence-electron chi connectivity index (χ1n) is 12.8. The van der Waals surface area contributed by atoms with E-state index in [0.29, 0.717) is 19.4 Å². The van der Waals surface area contributed by atoms with E-state index in [4.69, 9.17) is 4.74 Å². The molecule has 0 aromatic heterocycles. The number of ketones is 1. The van der Waals surface area contributed by atoms with Gasteiger partial charge in [0.1, 0.15) is 11.2 Å². The standard InChI is InChI=1S/C30H37NO4/c1-28(2,33)14-15-30(34)13-12-25-27-26(23-11-10-22(32)16-20(23)18-35-27)24(17-29(25,30)3)19-6-8-21(9-7-19)31(4)5/h6-9,16,24-25,27,33-34H,10-13,17-18H2,1-5H3/t24?,25-,27-,29-,30+/m0/s1. The Morgan fingerprint density at radius 2 is 1.89 bits per heavy atom. The molecule has 1 heterocycles. The second kappa shape index (κ2) is 8.34. The second-order valence-corrected chi connectivity index (χ2v) is 11.8. The van der Waals surface area contributed by atoms with Crippen LogP contribution < -0.4 is 4.90 Å². The number of allylic oxidation sites excluding steroid dienone is 1. The van der Waals surface area contributed by atoms with Crippen LogP contribution in [0.15, 0.2) is 47.1 Å². The summed E-state index contributed by atoms with van der Waals surface area (Å²) >= 11 is 0. The monoisotopic (exact) mass is 475 g/mol. The zero-order chi connectivity index (χ0) is 25.2. The van der Waals surface area contributed by atoms with Crippen LogP contribution in [0, 0.1) is 23.2 Å². The second-order valence-electron chi connectivity index (χ2n) is 11.8. The predicted molar refractivity (Wildman–Crippen MR) is 137 cm³/mol. The highest BCUT2D eigenvalue weighted by molar-refractivity contribution is 5.93. The minimum absolute atomic E-state index is 0.0675. The number of benzene rings is 1. The molecule has 0 radical (unpaired) electrons. The maximum absolute atomic E-state index is 12.2. The van der Waals surface area contributed by atoms with E-state index in [9.17, 15) is 15.0 Å². The number of carbonyl (C=O) groups excluding carboxylic acids is 1. The summed E-state index contributed by atoms with van der Waals surface area (Å²) in [6.45, 7) is 5.91. The van der Waals surface area contributed by atoms with Crippen molar-refractivity contribution >= 4 is 11.5 Å². The Kier molecular flexibility index (Phi) is 5.79. The summed E-state index contributed by atoms with van der Waals surface area (Å²) in [7, 11) is 4.07. The van der Waals surface area contributed by atoms with Gasteiger partial charge in [0.25, 0.3) is 0 Å². The van der Waals surface area contributed by atoms with Gasteiger partial charge in [0.15, 0.2) is 5.78 Å². The Morgan fingerprint density at radius 3 is 2.54 bits per heavy atom. The number of fused-ring (bicyclic) bond motifs is 4. The number of carbonyl (C=O) groups is 1. The summed E-state index contributed by atoms with van der Waals surface area (Å²) in [6, 6.07) is 8.67. The fourth-order valence-corrected chi connectivity index (χ4v) is 6.78. The lowest BCUT2D eigenvalue weighted by Gasteiger charge is -2.53. The van der Waals surface area contributed by atoms with Crippen LogP contribution in [0.3, 0.4) is 0 Å². The first-order valence-corrected chi connectivity index (χ1v) is 12.8. The molecule has 0 saturated heterocycles. The minimum atomic E-state index is -1.20. The first-order chi connectivity index (χ1) is 16.4. The van der Waals surface area contributed by atoms with Gasteiger partial charge in [-0.3, -0.25) is 4.79 Å². The van der Waals surface area contributed by atoms with Gasteiger partial charge in [-0.25, -0.2) is 0 Å². The number of rotatable bonds is 2. The Hall–Kier alpha value is -2.39. The van der Waals surface area contributed by atoms with E-state index in [-0.39, 0.29) is 23.7 Å². The van der Waals surface area contributed by atoms with Gasteiger partial charge in [0.05, 0.1) is 12.7 Å². The third-order valence-electron chi connectivity index (χ3n) is 8.75. The topological polar surface area (TPSA) is 70.0 Å². The average Bonchev–Trinajstić information content (AvgIpc) is 3.07. The van der Waals surface area contributed by atoms with Crippen LogP contribution in [-0.2, 0) is 9.53 Å². The van der Waals surface area contributed by atoms with Gasteiger partial charge in [0.2, 0.25) is 0 Å². The van der Waals surface area contributed by atoms with Crippen LogP contribution in [0.2, 0.25) is 0 Å². The van der Waals surface area contributed by atoms with E-state index in [1.54, 1.807) is 19.9 Å².